The van der Waals surface area contributed by atoms with Gasteiger partial charge in [-0.05, 0) is 50.7 Å². The van der Waals surface area contributed by atoms with Gasteiger partial charge in [-0.25, -0.2) is 4.79 Å². The van der Waals surface area contributed by atoms with Crippen molar-refractivity contribution in [2.45, 2.75) is 25.4 Å². The van der Waals surface area contributed by atoms with E-state index in [0.717, 1.165) is 37.2 Å². The molecular weight excluding hydrogens is 266 g/mol. The number of piperidine rings is 1. The van der Waals surface area contributed by atoms with Crippen LogP contribution in [0.5, 0.6) is 5.75 Å². The van der Waals surface area contributed by atoms with Gasteiger partial charge in [0, 0.05) is 19.6 Å². The van der Waals surface area contributed by atoms with Crippen molar-refractivity contribution in [3.05, 3.63) is 29.8 Å². The Bertz CT molecular complexity index is 470. The minimum atomic E-state index is -0.00706. The van der Waals surface area contributed by atoms with Crippen LogP contribution >= 0.6 is 0 Å². The second-order valence-corrected chi connectivity index (χ2v) is 5.66. The topological polar surface area (TPSA) is 44.8 Å². The molecule has 1 aliphatic rings. The fraction of sp³-hybridized carbons (Fsp3) is 0.562. The van der Waals surface area contributed by atoms with Crippen LogP contribution in [0.3, 0.4) is 0 Å². The molecule has 1 saturated heterocycles. The fourth-order valence-electron chi connectivity index (χ4n) is 2.63. The Hall–Kier alpha value is -1.75. The number of carbonyl (C=O) groups is 1. The Labute approximate surface area is 126 Å². The van der Waals surface area contributed by atoms with Crippen molar-refractivity contribution in [1.82, 2.24) is 15.1 Å². The molecule has 21 heavy (non-hydrogen) atoms. The summed E-state index contributed by atoms with van der Waals surface area (Å²) in [7, 11) is 5.65. The number of hydrogen-bond donors (Lipinski definition) is 1. The van der Waals surface area contributed by atoms with Crippen LogP contribution in [-0.2, 0) is 6.54 Å². The highest BCUT2D eigenvalue weighted by atomic mass is 16.5. The number of nitrogens with zero attached hydrogens (tertiary/aromatic N) is 2. The Morgan fingerprint density at radius 3 is 2.81 bits per heavy atom. The number of methoxy groups -OCH3 is 1. The zero-order chi connectivity index (χ0) is 15.2. The van der Waals surface area contributed by atoms with E-state index in [4.69, 9.17) is 4.74 Å². The average Bonchev–Trinajstić information content (AvgIpc) is 2.53. The normalized spacial score (nSPS) is 16.5. The molecule has 116 valence electrons. The van der Waals surface area contributed by atoms with Crippen LogP contribution < -0.4 is 10.1 Å². The SMILES string of the molecule is COc1cccc(CNC(=O)N(C)C2CCN(C)CC2)c1. The number of hydrogen-bond acceptors (Lipinski definition) is 3. The average molecular weight is 291 g/mol. The summed E-state index contributed by atoms with van der Waals surface area (Å²) in [5.74, 6) is 0.811. The van der Waals surface area contributed by atoms with Gasteiger partial charge in [-0.2, -0.15) is 0 Å². The molecule has 0 spiro atoms. The summed E-state index contributed by atoms with van der Waals surface area (Å²) in [6, 6.07) is 8.09. The lowest BCUT2D eigenvalue weighted by atomic mass is 10.0. The monoisotopic (exact) mass is 291 g/mol. The van der Waals surface area contributed by atoms with Gasteiger partial charge < -0.3 is 19.9 Å². The Kier molecular flexibility index (Phi) is 5.44. The Morgan fingerprint density at radius 2 is 2.14 bits per heavy atom. The largest absolute Gasteiger partial charge is 0.497 e. The molecule has 0 aliphatic carbocycles. The van der Waals surface area contributed by atoms with E-state index in [1.807, 2.05) is 36.2 Å². The van der Waals surface area contributed by atoms with Crippen molar-refractivity contribution in [3.63, 3.8) is 0 Å². The molecule has 1 heterocycles. The molecule has 2 amide bonds. The fourth-order valence-corrected chi connectivity index (χ4v) is 2.63. The van der Waals surface area contributed by atoms with Crippen molar-refractivity contribution in [2.75, 3.05) is 34.3 Å². The molecule has 1 fully saturated rings. The Morgan fingerprint density at radius 1 is 1.43 bits per heavy atom. The zero-order valence-electron chi connectivity index (χ0n) is 13.1. The van der Waals surface area contributed by atoms with Crippen LogP contribution in [0.1, 0.15) is 18.4 Å². The van der Waals surface area contributed by atoms with Gasteiger partial charge in [0.05, 0.1) is 7.11 Å². The molecule has 0 bridgehead atoms. The van der Waals surface area contributed by atoms with Crippen molar-refractivity contribution >= 4 is 6.03 Å². The number of benzene rings is 1. The first-order valence-electron chi connectivity index (χ1n) is 7.42. The third-order valence-electron chi connectivity index (χ3n) is 4.13. The summed E-state index contributed by atoms with van der Waals surface area (Å²) in [4.78, 5) is 16.4. The summed E-state index contributed by atoms with van der Waals surface area (Å²) in [6.07, 6.45) is 2.08. The van der Waals surface area contributed by atoms with Crippen LogP contribution in [0.4, 0.5) is 4.79 Å². The van der Waals surface area contributed by atoms with E-state index in [1.165, 1.54) is 0 Å². The van der Waals surface area contributed by atoms with E-state index in [-0.39, 0.29) is 6.03 Å². The van der Waals surface area contributed by atoms with Gasteiger partial charge in [0.15, 0.2) is 0 Å². The number of carbonyl (C=O) groups excluding carboxylic acids is 1. The highest BCUT2D eigenvalue weighted by molar-refractivity contribution is 5.74. The van der Waals surface area contributed by atoms with Crippen LogP contribution in [0.15, 0.2) is 24.3 Å². The molecule has 0 aromatic heterocycles. The van der Waals surface area contributed by atoms with Gasteiger partial charge in [-0.1, -0.05) is 12.1 Å². The molecule has 1 aliphatic heterocycles. The molecule has 1 aromatic carbocycles. The predicted molar refractivity (Wildman–Crippen MR) is 83.5 cm³/mol. The van der Waals surface area contributed by atoms with Gasteiger partial charge in [0.1, 0.15) is 5.75 Å². The molecule has 5 heteroatoms. The summed E-state index contributed by atoms with van der Waals surface area (Å²) in [6.45, 7) is 2.63. The lowest BCUT2D eigenvalue weighted by molar-refractivity contribution is 0.147. The maximum atomic E-state index is 12.2. The van der Waals surface area contributed by atoms with Crippen molar-refractivity contribution in [3.8, 4) is 5.75 Å². The second kappa shape index (κ2) is 7.31. The number of nitrogens with one attached hydrogen (secondary N) is 1. The van der Waals surface area contributed by atoms with E-state index in [9.17, 15) is 4.79 Å². The molecule has 0 saturated carbocycles. The molecule has 0 radical (unpaired) electrons. The first kappa shape index (κ1) is 15.6. The molecule has 0 unspecified atom stereocenters. The molecule has 5 nitrogen and oxygen atoms in total. The molecule has 0 atom stereocenters. The van der Waals surface area contributed by atoms with Crippen LogP contribution in [-0.4, -0.2) is 56.2 Å². The van der Waals surface area contributed by atoms with Crippen molar-refractivity contribution in [1.29, 1.82) is 0 Å². The first-order valence-corrected chi connectivity index (χ1v) is 7.42. The highest BCUT2D eigenvalue weighted by Crippen LogP contribution is 2.15. The van der Waals surface area contributed by atoms with E-state index in [2.05, 4.69) is 17.3 Å². The van der Waals surface area contributed by atoms with Gasteiger partial charge >= 0.3 is 6.03 Å². The third kappa shape index (κ3) is 4.36. The Balaban J connectivity index is 1.83. The van der Waals surface area contributed by atoms with Crippen molar-refractivity contribution in [2.24, 2.45) is 0 Å². The molecule has 1 N–H and O–H groups in total. The van der Waals surface area contributed by atoms with Gasteiger partial charge in [0.25, 0.3) is 0 Å². The van der Waals surface area contributed by atoms with Gasteiger partial charge in [-0.15, -0.1) is 0 Å². The lowest BCUT2D eigenvalue weighted by Gasteiger charge is -2.35. The highest BCUT2D eigenvalue weighted by Gasteiger charge is 2.23. The van der Waals surface area contributed by atoms with Crippen LogP contribution in [0, 0.1) is 0 Å². The smallest absolute Gasteiger partial charge is 0.317 e. The summed E-state index contributed by atoms with van der Waals surface area (Å²) >= 11 is 0. The van der Waals surface area contributed by atoms with E-state index in [1.54, 1.807) is 7.11 Å². The summed E-state index contributed by atoms with van der Waals surface area (Å²) < 4.78 is 5.19. The molecular formula is C16H25N3O2. The standard InChI is InChI=1S/C16H25N3O2/c1-18-9-7-14(8-10-18)19(2)16(20)17-12-13-5-4-6-15(11-13)21-3/h4-6,11,14H,7-10,12H2,1-3H3,(H,17,20). The minimum absolute atomic E-state index is 0.00706. The van der Waals surface area contributed by atoms with Gasteiger partial charge in [-0.3, -0.25) is 0 Å². The predicted octanol–water partition coefficient (Wildman–Crippen LogP) is 1.93. The lowest BCUT2D eigenvalue weighted by Crippen LogP contribution is -2.47. The van der Waals surface area contributed by atoms with Crippen LogP contribution in [0.25, 0.3) is 0 Å². The van der Waals surface area contributed by atoms with E-state index >= 15 is 0 Å². The summed E-state index contributed by atoms with van der Waals surface area (Å²) in [5, 5.41) is 2.98. The second-order valence-electron chi connectivity index (χ2n) is 5.66. The maximum Gasteiger partial charge on any atom is 0.317 e. The minimum Gasteiger partial charge on any atom is -0.497 e. The summed E-state index contributed by atoms with van der Waals surface area (Å²) in [5.41, 5.74) is 1.04. The number of likely N-dealkylation sites (tertiary alicyclic amines) is 1. The maximum absolute atomic E-state index is 12.2. The zero-order valence-corrected chi connectivity index (χ0v) is 13.1. The third-order valence-corrected chi connectivity index (χ3v) is 4.13. The van der Waals surface area contributed by atoms with Crippen LogP contribution in [0.2, 0.25) is 0 Å². The van der Waals surface area contributed by atoms with E-state index < -0.39 is 0 Å². The number of amides is 2. The molecule has 2 rings (SSSR count). The molecule has 1 aromatic rings. The van der Waals surface area contributed by atoms with E-state index in [0.29, 0.717) is 12.6 Å². The number of ether oxygens (including phenoxy) is 1. The quantitative estimate of drug-likeness (QED) is 0.922. The van der Waals surface area contributed by atoms with Gasteiger partial charge in [0.2, 0.25) is 0 Å². The van der Waals surface area contributed by atoms with Crippen molar-refractivity contribution < 1.29 is 9.53 Å². The number of urea groups is 1. The first-order chi connectivity index (χ1) is 10.1. The number of rotatable bonds is 4.